The van der Waals surface area contributed by atoms with Gasteiger partial charge in [0.05, 0.1) is 24.5 Å². The fraction of sp³-hybridized carbons (Fsp3) is 0.667. The molecule has 0 N–H and O–H groups in total. The first-order chi connectivity index (χ1) is 9.72. The number of hydrogen-bond acceptors (Lipinski definition) is 4. The Balaban J connectivity index is 1.51. The highest BCUT2D eigenvalue weighted by molar-refractivity contribution is 5.93. The molecule has 0 radical (unpaired) electrons. The van der Waals surface area contributed by atoms with Crippen LogP contribution in [0, 0.1) is 5.92 Å². The fourth-order valence-corrected chi connectivity index (χ4v) is 2.75. The first-order valence-corrected chi connectivity index (χ1v) is 7.34. The number of nitrogens with zero attached hydrogens (tertiary/aromatic N) is 2. The summed E-state index contributed by atoms with van der Waals surface area (Å²) in [6, 6.07) is 1.71. The SMILES string of the molecule is CN(CC1CC1)CC1CN(C(=O)c2ccoc2)CCO1. The van der Waals surface area contributed by atoms with Crippen molar-refractivity contribution < 1.29 is 13.9 Å². The minimum absolute atomic E-state index is 0.0388. The van der Waals surface area contributed by atoms with Crippen molar-refractivity contribution in [2.45, 2.75) is 18.9 Å². The normalized spacial score (nSPS) is 23.3. The van der Waals surface area contributed by atoms with Crippen molar-refractivity contribution in [2.24, 2.45) is 5.92 Å². The molecule has 1 aromatic heterocycles. The first kappa shape index (κ1) is 13.6. The van der Waals surface area contributed by atoms with Gasteiger partial charge in [0, 0.05) is 26.2 Å². The Kier molecular flexibility index (Phi) is 4.08. The predicted octanol–water partition coefficient (Wildman–Crippen LogP) is 1.46. The minimum atomic E-state index is 0.0388. The van der Waals surface area contributed by atoms with Gasteiger partial charge in [0.2, 0.25) is 0 Å². The molecule has 3 rings (SSSR count). The van der Waals surface area contributed by atoms with Crippen LogP contribution in [0.15, 0.2) is 23.0 Å². The van der Waals surface area contributed by atoms with E-state index in [1.165, 1.54) is 25.4 Å². The average Bonchev–Trinajstić information content (AvgIpc) is 3.08. The Morgan fingerprint density at radius 2 is 2.30 bits per heavy atom. The predicted molar refractivity (Wildman–Crippen MR) is 74.6 cm³/mol. The summed E-state index contributed by atoms with van der Waals surface area (Å²) in [7, 11) is 2.14. The van der Waals surface area contributed by atoms with Gasteiger partial charge in [-0.3, -0.25) is 4.79 Å². The molecule has 2 heterocycles. The van der Waals surface area contributed by atoms with Crippen LogP contribution in [0.4, 0.5) is 0 Å². The number of furan rings is 1. The van der Waals surface area contributed by atoms with Gasteiger partial charge in [-0.1, -0.05) is 0 Å². The molecule has 1 aromatic rings. The summed E-state index contributed by atoms with van der Waals surface area (Å²) in [5, 5.41) is 0. The lowest BCUT2D eigenvalue weighted by Crippen LogP contribution is -2.49. The second kappa shape index (κ2) is 5.97. The van der Waals surface area contributed by atoms with Gasteiger partial charge in [0.1, 0.15) is 6.26 Å². The molecule has 1 aliphatic carbocycles. The highest BCUT2D eigenvalue weighted by Gasteiger charge is 2.28. The van der Waals surface area contributed by atoms with Crippen LogP contribution < -0.4 is 0 Å². The molecule has 1 saturated carbocycles. The lowest BCUT2D eigenvalue weighted by atomic mass is 10.2. The van der Waals surface area contributed by atoms with Crippen LogP contribution in [0.25, 0.3) is 0 Å². The van der Waals surface area contributed by atoms with E-state index in [-0.39, 0.29) is 12.0 Å². The monoisotopic (exact) mass is 278 g/mol. The summed E-state index contributed by atoms with van der Waals surface area (Å²) in [6.07, 6.45) is 5.88. The molecule has 1 atom stereocenters. The summed E-state index contributed by atoms with van der Waals surface area (Å²) < 4.78 is 10.8. The molecule has 110 valence electrons. The first-order valence-electron chi connectivity index (χ1n) is 7.34. The summed E-state index contributed by atoms with van der Waals surface area (Å²) >= 11 is 0. The molecule has 2 aliphatic rings. The Hall–Kier alpha value is -1.33. The molecular weight excluding hydrogens is 256 g/mol. The maximum atomic E-state index is 12.3. The maximum absolute atomic E-state index is 12.3. The lowest BCUT2D eigenvalue weighted by Gasteiger charge is -2.34. The zero-order valence-corrected chi connectivity index (χ0v) is 12.0. The van der Waals surface area contributed by atoms with E-state index in [1.807, 2.05) is 4.90 Å². The van der Waals surface area contributed by atoms with Crippen molar-refractivity contribution in [3.8, 4) is 0 Å². The molecular formula is C15H22N2O3. The van der Waals surface area contributed by atoms with Crippen LogP contribution in [-0.2, 0) is 4.74 Å². The van der Waals surface area contributed by atoms with E-state index in [1.54, 1.807) is 6.07 Å². The summed E-state index contributed by atoms with van der Waals surface area (Å²) in [4.78, 5) is 16.5. The van der Waals surface area contributed by atoms with E-state index in [0.717, 1.165) is 19.0 Å². The van der Waals surface area contributed by atoms with E-state index < -0.39 is 0 Å². The van der Waals surface area contributed by atoms with Gasteiger partial charge in [-0.2, -0.15) is 0 Å². The molecule has 0 bridgehead atoms. The van der Waals surface area contributed by atoms with Crippen LogP contribution in [0.1, 0.15) is 23.2 Å². The van der Waals surface area contributed by atoms with Crippen LogP contribution in [0.3, 0.4) is 0 Å². The van der Waals surface area contributed by atoms with Gasteiger partial charge >= 0.3 is 0 Å². The number of morpholine rings is 1. The molecule has 1 aliphatic heterocycles. The molecule has 5 nitrogen and oxygen atoms in total. The van der Waals surface area contributed by atoms with Crippen molar-refractivity contribution in [3.05, 3.63) is 24.2 Å². The topological polar surface area (TPSA) is 45.9 Å². The largest absolute Gasteiger partial charge is 0.472 e. The molecule has 1 saturated heterocycles. The van der Waals surface area contributed by atoms with Crippen molar-refractivity contribution >= 4 is 5.91 Å². The van der Waals surface area contributed by atoms with Crippen molar-refractivity contribution in [3.63, 3.8) is 0 Å². The maximum Gasteiger partial charge on any atom is 0.257 e. The van der Waals surface area contributed by atoms with Crippen LogP contribution in [0.2, 0.25) is 0 Å². The number of carbonyl (C=O) groups excluding carboxylic acids is 1. The Labute approximate surface area is 119 Å². The van der Waals surface area contributed by atoms with Gasteiger partial charge in [-0.25, -0.2) is 0 Å². The highest BCUT2D eigenvalue weighted by Crippen LogP contribution is 2.29. The van der Waals surface area contributed by atoms with Crippen molar-refractivity contribution in [1.82, 2.24) is 9.80 Å². The molecule has 20 heavy (non-hydrogen) atoms. The molecule has 0 aromatic carbocycles. The van der Waals surface area contributed by atoms with Crippen LogP contribution in [-0.4, -0.2) is 61.6 Å². The highest BCUT2D eigenvalue weighted by atomic mass is 16.5. The van der Waals surface area contributed by atoms with E-state index in [0.29, 0.717) is 25.3 Å². The zero-order chi connectivity index (χ0) is 13.9. The van der Waals surface area contributed by atoms with Crippen LogP contribution >= 0.6 is 0 Å². The minimum Gasteiger partial charge on any atom is -0.472 e. The second-order valence-corrected chi connectivity index (χ2v) is 5.92. The number of carbonyl (C=O) groups is 1. The number of rotatable bonds is 5. The Morgan fingerprint density at radius 3 is 3.00 bits per heavy atom. The van der Waals surface area contributed by atoms with Gasteiger partial charge in [-0.15, -0.1) is 0 Å². The van der Waals surface area contributed by atoms with E-state index in [2.05, 4.69) is 11.9 Å². The smallest absolute Gasteiger partial charge is 0.257 e. The number of ether oxygens (including phenoxy) is 1. The third kappa shape index (κ3) is 3.41. The number of amides is 1. The standard InChI is InChI=1S/C15H22N2O3/c1-16(8-12-2-3-12)9-14-10-17(5-7-20-14)15(18)13-4-6-19-11-13/h4,6,11-12,14H,2-3,5,7-10H2,1H3. The third-order valence-electron chi connectivity index (χ3n) is 3.98. The second-order valence-electron chi connectivity index (χ2n) is 5.92. The average molecular weight is 278 g/mol. The summed E-state index contributed by atoms with van der Waals surface area (Å²) in [5.74, 6) is 0.921. The quantitative estimate of drug-likeness (QED) is 0.818. The van der Waals surface area contributed by atoms with Gasteiger partial charge in [-0.05, 0) is 31.9 Å². The summed E-state index contributed by atoms with van der Waals surface area (Å²) in [6.45, 7) is 3.98. The number of likely N-dealkylation sites (N-methyl/N-ethyl adjacent to an activating group) is 1. The third-order valence-corrected chi connectivity index (χ3v) is 3.98. The zero-order valence-electron chi connectivity index (χ0n) is 12.0. The lowest BCUT2D eigenvalue weighted by molar-refractivity contribution is -0.0334. The van der Waals surface area contributed by atoms with E-state index in [9.17, 15) is 4.79 Å². The van der Waals surface area contributed by atoms with Crippen molar-refractivity contribution in [1.29, 1.82) is 0 Å². The molecule has 5 heteroatoms. The molecule has 2 fully saturated rings. The van der Waals surface area contributed by atoms with Gasteiger partial charge < -0.3 is 19.0 Å². The summed E-state index contributed by atoms with van der Waals surface area (Å²) in [5.41, 5.74) is 0.622. The molecule has 0 spiro atoms. The van der Waals surface area contributed by atoms with E-state index >= 15 is 0 Å². The van der Waals surface area contributed by atoms with Crippen LogP contribution in [0.5, 0.6) is 0 Å². The van der Waals surface area contributed by atoms with E-state index in [4.69, 9.17) is 9.15 Å². The fourth-order valence-electron chi connectivity index (χ4n) is 2.75. The van der Waals surface area contributed by atoms with Gasteiger partial charge in [0.25, 0.3) is 5.91 Å². The van der Waals surface area contributed by atoms with Crippen molar-refractivity contribution in [2.75, 3.05) is 39.8 Å². The Bertz CT molecular complexity index is 442. The number of hydrogen-bond donors (Lipinski definition) is 0. The molecule has 1 unspecified atom stereocenters. The van der Waals surface area contributed by atoms with Gasteiger partial charge in [0.15, 0.2) is 0 Å². The molecule has 1 amide bonds. The Morgan fingerprint density at radius 1 is 1.45 bits per heavy atom.